The average Bonchev–Trinajstić information content (AvgIpc) is 2.28. The van der Waals surface area contributed by atoms with E-state index in [1.54, 1.807) is 6.20 Å². The second kappa shape index (κ2) is 7.01. The number of rotatable bonds is 6. The molecule has 1 aromatic heterocycles. The van der Waals surface area contributed by atoms with E-state index in [0.717, 1.165) is 24.1 Å². The highest BCUT2D eigenvalue weighted by Gasteiger charge is 2.08. The van der Waals surface area contributed by atoms with Gasteiger partial charge in [-0.25, -0.2) is 0 Å². The monoisotopic (exact) mass is 235 g/mol. The van der Waals surface area contributed by atoms with Crippen molar-refractivity contribution in [2.24, 2.45) is 5.73 Å². The zero-order valence-electron chi connectivity index (χ0n) is 10.6. The lowest BCUT2D eigenvalue weighted by Crippen LogP contribution is -2.31. The van der Waals surface area contributed by atoms with E-state index in [1.165, 1.54) is 0 Å². The first-order chi connectivity index (χ1) is 8.13. The molecule has 4 heteroatoms. The molecule has 0 saturated heterocycles. The number of pyridine rings is 1. The first kappa shape index (κ1) is 13.6. The van der Waals surface area contributed by atoms with E-state index < -0.39 is 0 Å². The summed E-state index contributed by atoms with van der Waals surface area (Å²) in [6.07, 6.45) is 4.01. The number of nitrogens with two attached hydrogens (primary N) is 1. The Morgan fingerprint density at radius 1 is 1.59 bits per heavy atom. The van der Waals surface area contributed by atoms with Crippen LogP contribution < -0.4 is 11.1 Å². The summed E-state index contributed by atoms with van der Waals surface area (Å²) in [5.74, 6) is -0.00370. The van der Waals surface area contributed by atoms with Crippen molar-refractivity contribution in [3.8, 4) is 0 Å². The number of nitrogens with zero attached hydrogens (tertiary/aromatic N) is 1. The second-order valence-corrected chi connectivity index (χ2v) is 4.30. The minimum Gasteiger partial charge on any atom is -0.350 e. The van der Waals surface area contributed by atoms with Gasteiger partial charge >= 0.3 is 0 Å². The van der Waals surface area contributed by atoms with Crippen LogP contribution in [0.15, 0.2) is 18.3 Å². The summed E-state index contributed by atoms with van der Waals surface area (Å²) in [5.41, 5.74) is 7.80. The van der Waals surface area contributed by atoms with Crippen molar-refractivity contribution in [1.82, 2.24) is 10.3 Å². The van der Waals surface area contributed by atoms with Gasteiger partial charge in [0, 0.05) is 18.7 Å². The fourth-order valence-electron chi connectivity index (χ4n) is 1.67. The first-order valence-electron chi connectivity index (χ1n) is 6.06. The van der Waals surface area contributed by atoms with Gasteiger partial charge in [0.2, 0.25) is 5.91 Å². The number of hydrogen-bond donors (Lipinski definition) is 2. The molecule has 3 N–H and O–H groups in total. The molecule has 0 fully saturated rings. The van der Waals surface area contributed by atoms with E-state index >= 15 is 0 Å². The Labute approximate surface area is 103 Å². The molecule has 1 atom stereocenters. The van der Waals surface area contributed by atoms with Gasteiger partial charge in [0.05, 0.1) is 12.2 Å². The van der Waals surface area contributed by atoms with Gasteiger partial charge in [-0.3, -0.25) is 9.78 Å². The van der Waals surface area contributed by atoms with E-state index in [-0.39, 0.29) is 11.9 Å². The zero-order chi connectivity index (χ0) is 12.7. The summed E-state index contributed by atoms with van der Waals surface area (Å²) in [6, 6.07) is 3.83. The standard InChI is InChI=1S/C13H21N3O/c1-3-5-11(14)8-13(17)16-9-12-10(2)6-4-7-15-12/h4,6-7,11H,3,5,8-9,14H2,1-2H3,(H,16,17). The van der Waals surface area contributed by atoms with Crippen molar-refractivity contribution in [1.29, 1.82) is 0 Å². The number of amides is 1. The van der Waals surface area contributed by atoms with Crippen molar-refractivity contribution in [2.75, 3.05) is 0 Å². The fourth-order valence-corrected chi connectivity index (χ4v) is 1.67. The molecule has 0 aromatic carbocycles. The Hall–Kier alpha value is -1.42. The molecule has 0 aliphatic rings. The molecule has 0 saturated carbocycles. The molecule has 0 spiro atoms. The quantitative estimate of drug-likeness (QED) is 0.785. The van der Waals surface area contributed by atoms with Crippen LogP contribution in [-0.2, 0) is 11.3 Å². The average molecular weight is 235 g/mol. The molecule has 0 aliphatic carbocycles. The van der Waals surface area contributed by atoms with Crippen LogP contribution in [0.5, 0.6) is 0 Å². The summed E-state index contributed by atoms with van der Waals surface area (Å²) in [6.45, 7) is 4.52. The Kier molecular flexibility index (Phi) is 5.63. The van der Waals surface area contributed by atoms with Crippen molar-refractivity contribution in [3.63, 3.8) is 0 Å². The fraction of sp³-hybridized carbons (Fsp3) is 0.538. The summed E-state index contributed by atoms with van der Waals surface area (Å²) in [7, 11) is 0. The zero-order valence-corrected chi connectivity index (χ0v) is 10.6. The van der Waals surface area contributed by atoms with Crippen LogP contribution >= 0.6 is 0 Å². The van der Waals surface area contributed by atoms with Gasteiger partial charge < -0.3 is 11.1 Å². The molecule has 1 unspecified atom stereocenters. The van der Waals surface area contributed by atoms with Crippen molar-refractivity contribution < 1.29 is 4.79 Å². The normalized spacial score (nSPS) is 12.2. The van der Waals surface area contributed by atoms with Crippen LogP contribution in [0, 0.1) is 6.92 Å². The Balaban J connectivity index is 2.36. The van der Waals surface area contributed by atoms with Crippen LogP contribution in [0.4, 0.5) is 0 Å². The summed E-state index contributed by atoms with van der Waals surface area (Å²) in [4.78, 5) is 15.8. The molecule has 1 amide bonds. The van der Waals surface area contributed by atoms with E-state index in [4.69, 9.17) is 5.73 Å². The van der Waals surface area contributed by atoms with Gasteiger partial charge in [0.1, 0.15) is 0 Å². The maximum atomic E-state index is 11.6. The van der Waals surface area contributed by atoms with Crippen molar-refractivity contribution in [2.45, 2.75) is 45.7 Å². The van der Waals surface area contributed by atoms with E-state index in [0.29, 0.717) is 13.0 Å². The maximum Gasteiger partial charge on any atom is 0.221 e. The minimum absolute atomic E-state index is 0.00370. The van der Waals surface area contributed by atoms with Gasteiger partial charge in [-0.2, -0.15) is 0 Å². The topological polar surface area (TPSA) is 68.0 Å². The van der Waals surface area contributed by atoms with Gasteiger partial charge in [-0.05, 0) is 25.0 Å². The molecule has 1 rings (SSSR count). The van der Waals surface area contributed by atoms with Crippen molar-refractivity contribution >= 4 is 5.91 Å². The van der Waals surface area contributed by atoms with Crippen LogP contribution in [0.1, 0.15) is 37.4 Å². The highest BCUT2D eigenvalue weighted by molar-refractivity contribution is 5.76. The van der Waals surface area contributed by atoms with E-state index in [9.17, 15) is 4.79 Å². The third kappa shape index (κ3) is 4.95. The Morgan fingerprint density at radius 3 is 3.00 bits per heavy atom. The molecule has 1 heterocycles. The lowest BCUT2D eigenvalue weighted by molar-refractivity contribution is -0.121. The molecular formula is C13H21N3O. The van der Waals surface area contributed by atoms with Gasteiger partial charge in [0.15, 0.2) is 0 Å². The lowest BCUT2D eigenvalue weighted by Gasteiger charge is -2.11. The Morgan fingerprint density at radius 2 is 2.35 bits per heavy atom. The molecule has 94 valence electrons. The lowest BCUT2D eigenvalue weighted by atomic mass is 10.1. The van der Waals surface area contributed by atoms with Gasteiger partial charge in [-0.1, -0.05) is 19.4 Å². The summed E-state index contributed by atoms with van der Waals surface area (Å²) < 4.78 is 0. The smallest absolute Gasteiger partial charge is 0.221 e. The highest BCUT2D eigenvalue weighted by atomic mass is 16.1. The van der Waals surface area contributed by atoms with Crippen LogP contribution in [0.3, 0.4) is 0 Å². The third-order valence-electron chi connectivity index (χ3n) is 2.68. The predicted octanol–water partition coefficient (Wildman–Crippen LogP) is 1.52. The number of nitrogens with one attached hydrogen (secondary N) is 1. The van der Waals surface area contributed by atoms with Crippen LogP contribution in [0.2, 0.25) is 0 Å². The number of aromatic nitrogens is 1. The van der Waals surface area contributed by atoms with Gasteiger partial charge in [0.25, 0.3) is 0 Å². The number of carbonyl (C=O) groups is 1. The largest absolute Gasteiger partial charge is 0.350 e. The molecular weight excluding hydrogens is 214 g/mol. The van der Waals surface area contributed by atoms with Crippen LogP contribution in [-0.4, -0.2) is 16.9 Å². The molecule has 0 aliphatic heterocycles. The molecule has 4 nitrogen and oxygen atoms in total. The second-order valence-electron chi connectivity index (χ2n) is 4.30. The van der Waals surface area contributed by atoms with Crippen molar-refractivity contribution in [3.05, 3.63) is 29.6 Å². The summed E-state index contributed by atoms with van der Waals surface area (Å²) >= 11 is 0. The van der Waals surface area contributed by atoms with Crippen LogP contribution in [0.25, 0.3) is 0 Å². The first-order valence-corrected chi connectivity index (χ1v) is 6.06. The van der Waals surface area contributed by atoms with E-state index in [1.807, 2.05) is 19.1 Å². The third-order valence-corrected chi connectivity index (χ3v) is 2.68. The molecule has 0 radical (unpaired) electrons. The maximum absolute atomic E-state index is 11.6. The molecule has 17 heavy (non-hydrogen) atoms. The highest BCUT2D eigenvalue weighted by Crippen LogP contribution is 2.03. The Bertz CT molecular complexity index is 365. The molecule has 0 bridgehead atoms. The predicted molar refractivity (Wildman–Crippen MR) is 68.3 cm³/mol. The van der Waals surface area contributed by atoms with Gasteiger partial charge in [-0.15, -0.1) is 0 Å². The SMILES string of the molecule is CCCC(N)CC(=O)NCc1ncccc1C. The number of aryl methyl sites for hydroxylation is 1. The molecule has 1 aromatic rings. The van der Waals surface area contributed by atoms with E-state index in [2.05, 4.69) is 17.2 Å². The summed E-state index contributed by atoms with van der Waals surface area (Å²) in [5, 5.41) is 2.85. The number of hydrogen-bond acceptors (Lipinski definition) is 3. The minimum atomic E-state index is -0.0372. The number of carbonyl (C=O) groups excluding carboxylic acids is 1.